The van der Waals surface area contributed by atoms with Gasteiger partial charge in [0.1, 0.15) is 12.0 Å². The minimum atomic E-state index is -1.08. The molecule has 1 aliphatic rings. The van der Waals surface area contributed by atoms with Gasteiger partial charge in [0, 0.05) is 5.56 Å². The van der Waals surface area contributed by atoms with Gasteiger partial charge in [0.25, 0.3) is 0 Å². The lowest BCUT2D eigenvalue weighted by molar-refractivity contribution is -0.144. The molecule has 0 aromatic heterocycles. The van der Waals surface area contributed by atoms with E-state index in [2.05, 4.69) is 0 Å². The third-order valence-corrected chi connectivity index (χ3v) is 3.34. The first-order chi connectivity index (χ1) is 10.0. The number of aliphatic carboxylic acids is 1. The van der Waals surface area contributed by atoms with Gasteiger partial charge >= 0.3 is 11.9 Å². The second kappa shape index (κ2) is 5.90. The van der Waals surface area contributed by atoms with Crippen LogP contribution in [0.15, 0.2) is 12.1 Å². The fraction of sp³-hybridized carbons (Fsp3) is 0.429. The van der Waals surface area contributed by atoms with E-state index in [1.165, 1.54) is 21.3 Å². The van der Waals surface area contributed by atoms with E-state index in [1.807, 2.05) is 0 Å². The predicted molar refractivity (Wildman–Crippen MR) is 70.7 cm³/mol. The summed E-state index contributed by atoms with van der Waals surface area (Å²) in [6, 6.07) is 3.17. The Morgan fingerprint density at radius 3 is 2.19 bits per heavy atom. The average molecular weight is 296 g/mol. The van der Waals surface area contributed by atoms with Crippen molar-refractivity contribution in [1.29, 1.82) is 0 Å². The van der Waals surface area contributed by atoms with Crippen LogP contribution in [-0.2, 0) is 14.3 Å². The van der Waals surface area contributed by atoms with Crippen molar-refractivity contribution in [3.8, 4) is 17.2 Å². The number of benzene rings is 1. The first-order valence-corrected chi connectivity index (χ1v) is 6.24. The molecule has 0 bridgehead atoms. The molecule has 1 heterocycles. The average Bonchev–Trinajstić information content (AvgIpc) is 2.87. The van der Waals surface area contributed by atoms with Gasteiger partial charge in [0.05, 0.1) is 27.8 Å². The highest BCUT2D eigenvalue weighted by atomic mass is 16.6. The summed E-state index contributed by atoms with van der Waals surface area (Å²) in [7, 11) is 4.38. The molecule has 21 heavy (non-hydrogen) atoms. The minimum Gasteiger partial charge on any atom is -0.493 e. The molecule has 7 nitrogen and oxygen atoms in total. The highest BCUT2D eigenvalue weighted by molar-refractivity contribution is 5.83. The molecule has 0 radical (unpaired) electrons. The van der Waals surface area contributed by atoms with E-state index in [0.717, 1.165) is 0 Å². The normalized spacial score (nSPS) is 20.8. The van der Waals surface area contributed by atoms with Crippen LogP contribution in [0.3, 0.4) is 0 Å². The highest BCUT2D eigenvalue weighted by Gasteiger charge is 2.41. The van der Waals surface area contributed by atoms with Crippen molar-refractivity contribution in [1.82, 2.24) is 0 Å². The van der Waals surface area contributed by atoms with E-state index < -0.39 is 24.0 Å². The van der Waals surface area contributed by atoms with Crippen LogP contribution in [0.4, 0.5) is 0 Å². The van der Waals surface area contributed by atoms with Crippen LogP contribution in [0, 0.1) is 5.92 Å². The summed E-state index contributed by atoms with van der Waals surface area (Å²) in [5, 5.41) is 9.20. The molecule has 0 aliphatic carbocycles. The highest BCUT2D eigenvalue weighted by Crippen LogP contribution is 2.44. The fourth-order valence-electron chi connectivity index (χ4n) is 2.34. The summed E-state index contributed by atoms with van der Waals surface area (Å²) in [6.45, 7) is 0. The van der Waals surface area contributed by atoms with Crippen molar-refractivity contribution >= 4 is 11.9 Å². The smallest absolute Gasteiger partial charge is 0.311 e. The van der Waals surface area contributed by atoms with Crippen molar-refractivity contribution in [2.24, 2.45) is 5.92 Å². The standard InChI is InChI=1S/C14H16O7/c1-18-9-4-7(5-10(19-2)13(9)20-3)12-8(14(16)17)6-11(15)21-12/h4-5,8,12H,6H2,1-3H3,(H,16,17). The molecule has 2 atom stereocenters. The van der Waals surface area contributed by atoms with Crippen LogP contribution < -0.4 is 14.2 Å². The lowest BCUT2D eigenvalue weighted by atomic mass is 9.95. The molecule has 0 saturated carbocycles. The Kier molecular flexibility index (Phi) is 4.21. The summed E-state index contributed by atoms with van der Waals surface area (Å²) < 4.78 is 20.7. The number of methoxy groups -OCH3 is 3. The Balaban J connectivity index is 2.48. The number of rotatable bonds is 5. The van der Waals surface area contributed by atoms with E-state index in [-0.39, 0.29) is 6.42 Å². The van der Waals surface area contributed by atoms with Crippen molar-refractivity contribution < 1.29 is 33.6 Å². The molecule has 2 rings (SSSR count). The number of carbonyl (C=O) groups is 2. The molecule has 7 heteroatoms. The quantitative estimate of drug-likeness (QED) is 0.821. The van der Waals surface area contributed by atoms with Gasteiger partial charge in [0.2, 0.25) is 5.75 Å². The van der Waals surface area contributed by atoms with Gasteiger partial charge in [-0.3, -0.25) is 9.59 Å². The molecule has 114 valence electrons. The maximum absolute atomic E-state index is 11.4. The molecular weight excluding hydrogens is 280 g/mol. The number of hydrogen-bond acceptors (Lipinski definition) is 6. The summed E-state index contributed by atoms with van der Waals surface area (Å²) in [4.78, 5) is 22.6. The lowest BCUT2D eigenvalue weighted by Gasteiger charge is -2.18. The second-order valence-corrected chi connectivity index (χ2v) is 4.52. The number of cyclic esters (lactones) is 1. The van der Waals surface area contributed by atoms with Crippen LogP contribution in [0.5, 0.6) is 17.2 Å². The SMILES string of the molecule is COc1cc(C2OC(=O)CC2C(=O)O)cc(OC)c1OC. The van der Waals surface area contributed by atoms with E-state index >= 15 is 0 Å². The number of carbonyl (C=O) groups excluding carboxylic acids is 1. The van der Waals surface area contributed by atoms with Gasteiger partial charge < -0.3 is 24.1 Å². The number of carboxylic acids is 1. The molecule has 1 aromatic rings. The molecule has 1 saturated heterocycles. The van der Waals surface area contributed by atoms with Crippen molar-refractivity contribution in [2.45, 2.75) is 12.5 Å². The molecule has 0 spiro atoms. The zero-order chi connectivity index (χ0) is 15.6. The molecule has 1 fully saturated rings. The van der Waals surface area contributed by atoms with Gasteiger partial charge in [-0.2, -0.15) is 0 Å². The zero-order valence-corrected chi connectivity index (χ0v) is 11.9. The molecule has 1 N–H and O–H groups in total. The second-order valence-electron chi connectivity index (χ2n) is 4.52. The topological polar surface area (TPSA) is 91.3 Å². The predicted octanol–water partition coefficient (Wildman–Crippen LogP) is 1.40. The maximum Gasteiger partial charge on any atom is 0.311 e. The van der Waals surface area contributed by atoms with Gasteiger partial charge in [-0.15, -0.1) is 0 Å². The minimum absolute atomic E-state index is 0.156. The monoisotopic (exact) mass is 296 g/mol. The zero-order valence-electron chi connectivity index (χ0n) is 11.9. The fourth-order valence-corrected chi connectivity index (χ4v) is 2.34. The molecule has 2 unspecified atom stereocenters. The third-order valence-electron chi connectivity index (χ3n) is 3.34. The van der Waals surface area contributed by atoms with E-state index in [9.17, 15) is 14.7 Å². The number of esters is 1. The summed E-state index contributed by atoms with van der Waals surface area (Å²) >= 11 is 0. The number of ether oxygens (including phenoxy) is 4. The third kappa shape index (κ3) is 2.72. The number of carboxylic acid groups (broad SMARTS) is 1. The molecule has 1 aliphatic heterocycles. The van der Waals surface area contributed by atoms with Gasteiger partial charge in [-0.25, -0.2) is 0 Å². The molecule has 0 amide bonds. The van der Waals surface area contributed by atoms with E-state index in [0.29, 0.717) is 22.8 Å². The number of hydrogen-bond donors (Lipinski definition) is 1. The van der Waals surface area contributed by atoms with Gasteiger partial charge in [-0.05, 0) is 12.1 Å². The molecule has 1 aromatic carbocycles. The Morgan fingerprint density at radius 1 is 1.19 bits per heavy atom. The van der Waals surface area contributed by atoms with E-state index in [1.54, 1.807) is 12.1 Å². The van der Waals surface area contributed by atoms with Crippen molar-refractivity contribution in [3.05, 3.63) is 17.7 Å². The van der Waals surface area contributed by atoms with Crippen LogP contribution in [0.1, 0.15) is 18.1 Å². The van der Waals surface area contributed by atoms with Gasteiger partial charge in [-0.1, -0.05) is 0 Å². The lowest BCUT2D eigenvalue weighted by Crippen LogP contribution is -2.17. The molecular formula is C14H16O7. The first kappa shape index (κ1) is 15.0. The van der Waals surface area contributed by atoms with Gasteiger partial charge in [0.15, 0.2) is 11.5 Å². The largest absolute Gasteiger partial charge is 0.493 e. The van der Waals surface area contributed by atoms with Crippen LogP contribution in [0.25, 0.3) is 0 Å². The Labute approximate surface area is 121 Å². The first-order valence-electron chi connectivity index (χ1n) is 6.24. The van der Waals surface area contributed by atoms with Crippen molar-refractivity contribution in [2.75, 3.05) is 21.3 Å². The van der Waals surface area contributed by atoms with Crippen LogP contribution >= 0.6 is 0 Å². The summed E-state index contributed by atoms with van der Waals surface area (Å²) in [5.74, 6) is -1.42. The van der Waals surface area contributed by atoms with E-state index in [4.69, 9.17) is 18.9 Å². The Hall–Kier alpha value is -2.44. The maximum atomic E-state index is 11.4. The summed E-state index contributed by atoms with van der Waals surface area (Å²) in [6.07, 6.45) is -1.03. The Bertz CT molecular complexity index is 541. The summed E-state index contributed by atoms with van der Waals surface area (Å²) in [5.41, 5.74) is 0.489. The van der Waals surface area contributed by atoms with Crippen molar-refractivity contribution in [3.63, 3.8) is 0 Å². The Morgan fingerprint density at radius 2 is 1.76 bits per heavy atom. The van der Waals surface area contributed by atoms with Crippen LogP contribution in [-0.4, -0.2) is 38.4 Å². The van der Waals surface area contributed by atoms with Crippen LogP contribution in [0.2, 0.25) is 0 Å².